The molecule has 0 aliphatic carbocycles. The third kappa shape index (κ3) is 6.68. The highest BCUT2D eigenvalue weighted by Gasteiger charge is 2.21. The molecular formula is C23H18N4O8. The van der Waals surface area contributed by atoms with Gasteiger partial charge in [0.2, 0.25) is 5.91 Å². The molecule has 0 atom stereocenters. The molecule has 0 fully saturated rings. The summed E-state index contributed by atoms with van der Waals surface area (Å²) in [6.07, 6.45) is 0.934. The van der Waals surface area contributed by atoms with E-state index in [1.807, 2.05) is 0 Å². The summed E-state index contributed by atoms with van der Waals surface area (Å²) in [5, 5.41) is 25.8. The van der Waals surface area contributed by atoms with Crippen LogP contribution in [0, 0.1) is 20.2 Å². The monoisotopic (exact) mass is 478 g/mol. The number of carbonyl (C=O) groups is 2. The predicted molar refractivity (Wildman–Crippen MR) is 124 cm³/mol. The highest BCUT2D eigenvalue weighted by atomic mass is 16.6. The SMILES string of the molecule is COc1ccc(C(=O)Oc2ccc(/C=N\NC(=O)Cc3ccc([N+](=O)[O-])cc3[N+](=O)[O-])cc2)cc1. The average Bonchev–Trinajstić information content (AvgIpc) is 2.85. The number of carbonyl (C=O) groups excluding carboxylic acids is 2. The van der Waals surface area contributed by atoms with Crippen molar-refractivity contribution in [3.05, 3.63) is 104 Å². The summed E-state index contributed by atoms with van der Waals surface area (Å²) < 4.78 is 10.3. The molecule has 0 aliphatic rings. The largest absolute Gasteiger partial charge is 0.497 e. The minimum Gasteiger partial charge on any atom is -0.497 e. The van der Waals surface area contributed by atoms with Crippen molar-refractivity contribution < 1.29 is 28.9 Å². The van der Waals surface area contributed by atoms with Crippen LogP contribution in [0.15, 0.2) is 71.8 Å². The van der Waals surface area contributed by atoms with Crippen molar-refractivity contribution in [3.8, 4) is 11.5 Å². The molecule has 0 unspecified atom stereocenters. The Morgan fingerprint density at radius 1 is 0.943 bits per heavy atom. The molecule has 1 amide bonds. The van der Waals surface area contributed by atoms with Gasteiger partial charge in [-0.05, 0) is 60.2 Å². The van der Waals surface area contributed by atoms with Gasteiger partial charge in [-0.1, -0.05) is 0 Å². The number of hydrogen-bond acceptors (Lipinski definition) is 9. The van der Waals surface area contributed by atoms with Gasteiger partial charge in [-0.25, -0.2) is 10.2 Å². The van der Waals surface area contributed by atoms with Crippen molar-refractivity contribution >= 4 is 29.5 Å². The van der Waals surface area contributed by atoms with Crippen LogP contribution in [0.2, 0.25) is 0 Å². The van der Waals surface area contributed by atoms with E-state index < -0.39 is 39.5 Å². The molecule has 3 aromatic carbocycles. The lowest BCUT2D eigenvalue weighted by molar-refractivity contribution is -0.394. The Labute approximate surface area is 198 Å². The summed E-state index contributed by atoms with van der Waals surface area (Å²) in [7, 11) is 1.52. The zero-order valence-electron chi connectivity index (χ0n) is 18.2. The zero-order chi connectivity index (χ0) is 25.4. The fraction of sp³-hybridized carbons (Fsp3) is 0.0870. The van der Waals surface area contributed by atoms with Crippen molar-refractivity contribution in [1.82, 2.24) is 5.43 Å². The maximum absolute atomic E-state index is 12.2. The Kier molecular flexibility index (Phi) is 7.80. The molecule has 0 saturated heterocycles. The van der Waals surface area contributed by atoms with E-state index in [4.69, 9.17) is 9.47 Å². The third-order valence-corrected chi connectivity index (χ3v) is 4.65. The Morgan fingerprint density at radius 2 is 1.60 bits per heavy atom. The van der Waals surface area contributed by atoms with Crippen LogP contribution in [-0.2, 0) is 11.2 Å². The summed E-state index contributed by atoms with van der Waals surface area (Å²) in [6.45, 7) is 0. The van der Waals surface area contributed by atoms with Crippen LogP contribution in [0.3, 0.4) is 0 Å². The second kappa shape index (κ2) is 11.1. The Morgan fingerprint density at radius 3 is 2.20 bits per heavy atom. The molecular weight excluding hydrogens is 460 g/mol. The van der Waals surface area contributed by atoms with E-state index in [2.05, 4.69) is 10.5 Å². The molecule has 35 heavy (non-hydrogen) atoms. The lowest BCUT2D eigenvalue weighted by Gasteiger charge is -2.05. The van der Waals surface area contributed by atoms with E-state index in [0.717, 1.165) is 18.2 Å². The van der Waals surface area contributed by atoms with E-state index >= 15 is 0 Å². The van der Waals surface area contributed by atoms with Gasteiger partial charge in [0.15, 0.2) is 0 Å². The number of non-ortho nitro benzene ring substituents is 1. The number of amides is 1. The maximum Gasteiger partial charge on any atom is 0.343 e. The van der Waals surface area contributed by atoms with Crippen LogP contribution in [0.5, 0.6) is 11.5 Å². The number of nitrogens with one attached hydrogen (secondary N) is 1. The second-order valence-corrected chi connectivity index (χ2v) is 6.98. The van der Waals surface area contributed by atoms with Crippen LogP contribution in [-0.4, -0.2) is 35.0 Å². The normalized spacial score (nSPS) is 10.5. The van der Waals surface area contributed by atoms with E-state index in [1.54, 1.807) is 48.5 Å². The second-order valence-electron chi connectivity index (χ2n) is 6.98. The highest BCUT2D eigenvalue weighted by Crippen LogP contribution is 2.25. The quantitative estimate of drug-likeness (QED) is 0.161. The van der Waals surface area contributed by atoms with Crippen molar-refractivity contribution in [2.24, 2.45) is 5.10 Å². The number of methoxy groups -OCH3 is 1. The van der Waals surface area contributed by atoms with Gasteiger partial charge in [0, 0.05) is 11.6 Å². The molecule has 0 spiro atoms. The van der Waals surface area contributed by atoms with E-state index in [0.29, 0.717) is 22.6 Å². The van der Waals surface area contributed by atoms with Gasteiger partial charge in [-0.15, -0.1) is 0 Å². The lowest BCUT2D eigenvalue weighted by Crippen LogP contribution is -2.20. The molecule has 0 radical (unpaired) electrons. The molecule has 0 saturated carbocycles. The topological polar surface area (TPSA) is 163 Å². The molecule has 178 valence electrons. The van der Waals surface area contributed by atoms with Gasteiger partial charge in [-0.3, -0.25) is 25.0 Å². The molecule has 0 bridgehead atoms. The Balaban J connectivity index is 1.56. The maximum atomic E-state index is 12.2. The standard InChI is InChI=1S/C23H18N4O8/c1-34-19-10-5-16(6-11-19)23(29)35-20-8-2-15(3-9-20)14-24-25-22(28)12-17-4-7-18(26(30)31)13-21(17)27(32)33/h2-11,13-14H,12H2,1H3,(H,25,28)/b24-14-. The number of rotatable bonds is 9. The number of nitro benzene ring substituents is 2. The number of ether oxygens (including phenoxy) is 2. The minimum absolute atomic E-state index is 0.0105. The fourth-order valence-electron chi connectivity index (χ4n) is 2.89. The number of nitro groups is 2. The van der Waals surface area contributed by atoms with Gasteiger partial charge in [0.1, 0.15) is 11.5 Å². The molecule has 0 heterocycles. The molecule has 1 N–H and O–H groups in total. The predicted octanol–water partition coefficient (Wildman–Crippen LogP) is 3.42. The van der Waals surface area contributed by atoms with E-state index in [-0.39, 0.29) is 5.56 Å². The molecule has 3 aromatic rings. The lowest BCUT2D eigenvalue weighted by atomic mass is 10.1. The van der Waals surface area contributed by atoms with Crippen molar-refractivity contribution in [2.45, 2.75) is 6.42 Å². The minimum atomic E-state index is -0.790. The first-order valence-corrected chi connectivity index (χ1v) is 9.96. The van der Waals surface area contributed by atoms with Gasteiger partial charge in [-0.2, -0.15) is 5.10 Å². The van der Waals surface area contributed by atoms with Gasteiger partial charge < -0.3 is 9.47 Å². The van der Waals surface area contributed by atoms with Crippen molar-refractivity contribution in [3.63, 3.8) is 0 Å². The van der Waals surface area contributed by atoms with Crippen molar-refractivity contribution in [2.75, 3.05) is 7.11 Å². The first kappa shape index (κ1) is 24.5. The zero-order valence-corrected chi connectivity index (χ0v) is 18.2. The molecule has 3 rings (SSSR count). The number of hydrogen-bond donors (Lipinski definition) is 1. The first-order valence-electron chi connectivity index (χ1n) is 9.96. The number of benzene rings is 3. The van der Waals surface area contributed by atoms with Gasteiger partial charge in [0.05, 0.1) is 41.2 Å². The van der Waals surface area contributed by atoms with Crippen LogP contribution in [0.4, 0.5) is 11.4 Å². The summed E-state index contributed by atoms with van der Waals surface area (Å²) in [5.74, 6) is -0.273. The van der Waals surface area contributed by atoms with Gasteiger partial charge >= 0.3 is 5.97 Å². The van der Waals surface area contributed by atoms with E-state index in [9.17, 15) is 29.8 Å². The molecule has 12 heteroatoms. The van der Waals surface area contributed by atoms with Crippen molar-refractivity contribution in [1.29, 1.82) is 0 Å². The Hall–Kier alpha value is -5.13. The first-order chi connectivity index (χ1) is 16.8. The van der Waals surface area contributed by atoms with Gasteiger partial charge in [0.25, 0.3) is 11.4 Å². The van der Waals surface area contributed by atoms with Crippen LogP contribution in [0.25, 0.3) is 0 Å². The van der Waals surface area contributed by atoms with Crippen LogP contribution in [0.1, 0.15) is 21.5 Å². The fourth-order valence-corrected chi connectivity index (χ4v) is 2.89. The summed E-state index contributed by atoms with van der Waals surface area (Å²) in [4.78, 5) is 44.7. The number of nitrogens with zero attached hydrogens (tertiary/aromatic N) is 3. The molecule has 12 nitrogen and oxygen atoms in total. The number of esters is 1. The summed E-state index contributed by atoms with van der Waals surface area (Å²) in [6, 6.07) is 15.8. The average molecular weight is 478 g/mol. The summed E-state index contributed by atoms with van der Waals surface area (Å²) >= 11 is 0. The smallest absolute Gasteiger partial charge is 0.343 e. The third-order valence-electron chi connectivity index (χ3n) is 4.65. The van der Waals surface area contributed by atoms with Crippen LogP contribution >= 0.6 is 0 Å². The molecule has 0 aliphatic heterocycles. The van der Waals surface area contributed by atoms with E-state index in [1.165, 1.54) is 13.3 Å². The molecule has 0 aromatic heterocycles. The Bertz CT molecular complexity index is 1290. The number of hydrazone groups is 1. The van der Waals surface area contributed by atoms with Crippen LogP contribution < -0.4 is 14.9 Å². The highest BCUT2D eigenvalue weighted by molar-refractivity contribution is 5.91. The summed E-state index contributed by atoms with van der Waals surface area (Å²) in [5.41, 5.74) is 2.21.